The number of rotatable bonds is 6. The van der Waals surface area contributed by atoms with Crippen LogP contribution < -0.4 is 0 Å². The molecule has 0 aliphatic rings. The van der Waals surface area contributed by atoms with E-state index in [0.717, 1.165) is 77.8 Å². The van der Waals surface area contributed by atoms with Gasteiger partial charge in [-0.2, -0.15) is 0 Å². The molecular formula is C56H48IrN6O-2. The molecule has 0 N–H and O–H groups in total. The zero-order valence-corrected chi connectivity index (χ0v) is 39.4. The predicted octanol–water partition coefficient (Wildman–Crippen LogP) is 14.4. The first-order valence-corrected chi connectivity index (χ1v) is 21.7. The Hall–Kier alpha value is -6.73. The summed E-state index contributed by atoms with van der Waals surface area (Å²) in [7, 11) is 0. The van der Waals surface area contributed by atoms with Gasteiger partial charge in [0.05, 0.1) is 56.5 Å². The Balaban J connectivity index is 0.000000174. The SMILES string of the molecule is CC(C)(C)c1ccccc1-n1c(-c2[c-]cccc2)nc2ccccc21.CC(C)c1cccc(C(C)C)c1-n1c(-c2[c-]ccc3c2oc2c4cccnc4cnc32)nc2ccccc21.[Ir]. The summed E-state index contributed by atoms with van der Waals surface area (Å²) in [4.78, 5) is 19.3. The van der Waals surface area contributed by atoms with E-state index in [4.69, 9.17) is 19.4 Å². The maximum absolute atomic E-state index is 6.61. The second kappa shape index (κ2) is 17.1. The molecule has 5 aromatic heterocycles. The summed E-state index contributed by atoms with van der Waals surface area (Å²) < 4.78 is 11.2. The molecule has 11 rings (SSSR count). The van der Waals surface area contributed by atoms with Gasteiger partial charge in [-0.1, -0.05) is 115 Å². The van der Waals surface area contributed by atoms with Gasteiger partial charge in [0.15, 0.2) is 0 Å². The first-order chi connectivity index (χ1) is 30.6. The Morgan fingerprint density at radius 2 is 1.22 bits per heavy atom. The van der Waals surface area contributed by atoms with Crippen LogP contribution in [0.15, 0.2) is 156 Å². The molecule has 1 radical (unpaired) electrons. The molecule has 5 heterocycles. The summed E-state index contributed by atoms with van der Waals surface area (Å²) in [5.41, 5.74) is 15.3. The van der Waals surface area contributed by atoms with E-state index in [9.17, 15) is 0 Å². The van der Waals surface area contributed by atoms with Gasteiger partial charge in [-0.3, -0.25) is 19.9 Å². The number of para-hydroxylation sites is 6. The molecule has 0 saturated heterocycles. The van der Waals surface area contributed by atoms with Crippen molar-refractivity contribution in [2.75, 3.05) is 0 Å². The van der Waals surface area contributed by atoms with Gasteiger partial charge in [0.2, 0.25) is 0 Å². The van der Waals surface area contributed by atoms with Crippen LogP contribution in [-0.2, 0) is 25.5 Å². The molecular weight excluding hydrogens is 965 g/mol. The van der Waals surface area contributed by atoms with E-state index in [-0.39, 0.29) is 25.5 Å². The fourth-order valence-electron chi connectivity index (χ4n) is 8.84. The van der Waals surface area contributed by atoms with E-state index < -0.39 is 0 Å². The molecule has 0 atom stereocenters. The van der Waals surface area contributed by atoms with E-state index in [0.29, 0.717) is 11.8 Å². The molecule has 0 amide bonds. The molecule has 0 fully saturated rings. The van der Waals surface area contributed by atoms with E-state index in [1.807, 2.05) is 60.8 Å². The van der Waals surface area contributed by atoms with Gasteiger partial charge in [-0.25, -0.2) is 0 Å². The van der Waals surface area contributed by atoms with Gasteiger partial charge in [0.25, 0.3) is 0 Å². The number of hydrogen-bond donors (Lipinski definition) is 0. The standard InChI is InChI=1S/C33H27N4O.C23H21N2.Ir/c1-19(2)21-10-7-11-22(20(3)4)30(21)37-28-16-6-5-15-26(28)36-33(37)25-13-8-12-24-29-32(38-31(24)25)23-14-9-17-34-27(23)18-35-29;1-23(2,3)18-13-7-9-15-20(18)25-21-16-10-8-14-19(21)24-22(25)17-11-5-4-6-12-17;/h5-12,14-20H,1-4H3;4-11,13-16H,1-3H3;/q2*-1;. The third-order valence-electron chi connectivity index (χ3n) is 11.8. The summed E-state index contributed by atoms with van der Waals surface area (Å²) in [6.07, 6.45) is 3.59. The topological polar surface area (TPSA) is 74.6 Å². The van der Waals surface area contributed by atoms with E-state index >= 15 is 0 Å². The van der Waals surface area contributed by atoms with Gasteiger partial charge >= 0.3 is 0 Å². The number of imidazole rings is 2. The van der Waals surface area contributed by atoms with Crippen molar-refractivity contribution in [3.05, 3.63) is 181 Å². The molecule has 64 heavy (non-hydrogen) atoms. The van der Waals surface area contributed by atoms with Crippen LogP contribution in [-0.4, -0.2) is 29.1 Å². The molecule has 0 aliphatic carbocycles. The number of hydrogen-bond acceptors (Lipinski definition) is 5. The first kappa shape index (κ1) is 42.6. The number of nitrogens with zero attached hydrogens (tertiary/aromatic N) is 6. The van der Waals surface area contributed by atoms with Gasteiger partial charge in [0.1, 0.15) is 5.58 Å². The smallest absolute Gasteiger partial charge is 0.148 e. The van der Waals surface area contributed by atoms with E-state index in [1.165, 1.54) is 28.1 Å². The Kier molecular flexibility index (Phi) is 11.4. The summed E-state index contributed by atoms with van der Waals surface area (Å²) in [6.45, 7) is 15.7. The first-order valence-electron chi connectivity index (χ1n) is 21.7. The van der Waals surface area contributed by atoms with Gasteiger partial charge < -0.3 is 13.6 Å². The Morgan fingerprint density at radius 1 is 0.562 bits per heavy atom. The fourth-order valence-corrected chi connectivity index (χ4v) is 8.84. The summed E-state index contributed by atoms with van der Waals surface area (Å²) in [5.74, 6) is 2.42. The number of fused-ring (bicyclic) bond motifs is 7. The third-order valence-corrected chi connectivity index (χ3v) is 11.8. The predicted molar refractivity (Wildman–Crippen MR) is 258 cm³/mol. The molecule has 0 aliphatic heterocycles. The number of aromatic nitrogens is 6. The minimum Gasteiger partial charge on any atom is -0.498 e. The van der Waals surface area contributed by atoms with Crippen LogP contribution in [0, 0.1) is 12.1 Å². The van der Waals surface area contributed by atoms with Crippen LogP contribution in [0.4, 0.5) is 0 Å². The monoisotopic (exact) mass is 1010 g/mol. The number of furan rings is 1. The molecule has 0 bridgehead atoms. The van der Waals surface area contributed by atoms with Crippen LogP contribution in [0.3, 0.4) is 0 Å². The van der Waals surface area contributed by atoms with Crippen LogP contribution >= 0.6 is 0 Å². The van der Waals surface area contributed by atoms with Crippen molar-refractivity contribution in [1.82, 2.24) is 29.1 Å². The maximum Gasteiger partial charge on any atom is 0.148 e. The minimum absolute atomic E-state index is 0. The van der Waals surface area contributed by atoms with Crippen LogP contribution in [0.5, 0.6) is 0 Å². The zero-order chi connectivity index (χ0) is 43.4. The molecule has 0 unspecified atom stereocenters. The van der Waals surface area contributed by atoms with Crippen molar-refractivity contribution in [1.29, 1.82) is 0 Å². The second-order valence-corrected chi connectivity index (χ2v) is 17.7. The average molecular weight is 1010 g/mol. The van der Waals surface area contributed by atoms with Gasteiger partial charge in [0, 0.05) is 43.1 Å². The number of pyridine rings is 2. The summed E-state index contributed by atoms with van der Waals surface area (Å²) in [5, 5.41) is 1.89. The van der Waals surface area contributed by atoms with Gasteiger partial charge in [-0.15, -0.1) is 54.1 Å². The Labute approximate surface area is 387 Å². The minimum atomic E-state index is 0. The molecule has 319 valence electrons. The van der Waals surface area contributed by atoms with Crippen LogP contribution in [0.25, 0.3) is 89.2 Å². The van der Waals surface area contributed by atoms with Gasteiger partial charge in [-0.05, 0) is 81.8 Å². The van der Waals surface area contributed by atoms with Crippen molar-refractivity contribution in [3.63, 3.8) is 0 Å². The molecule has 0 saturated carbocycles. The van der Waals surface area contributed by atoms with E-state index in [2.05, 4.69) is 160 Å². The van der Waals surface area contributed by atoms with Crippen molar-refractivity contribution in [3.8, 4) is 34.2 Å². The maximum atomic E-state index is 6.61. The zero-order valence-electron chi connectivity index (χ0n) is 37.0. The molecule has 6 aromatic carbocycles. The Morgan fingerprint density at radius 3 is 1.91 bits per heavy atom. The van der Waals surface area contributed by atoms with Crippen molar-refractivity contribution in [2.24, 2.45) is 0 Å². The average Bonchev–Trinajstić information content (AvgIpc) is 4.01. The summed E-state index contributed by atoms with van der Waals surface area (Å²) >= 11 is 0. The molecule has 0 spiro atoms. The Bertz CT molecular complexity index is 3440. The second-order valence-electron chi connectivity index (χ2n) is 17.7. The molecule has 7 nitrogen and oxygen atoms in total. The fraction of sp³-hybridized carbons (Fsp3) is 0.179. The van der Waals surface area contributed by atoms with E-state index in [1.54, 1.807) is 6.20 Å². The molecule has 8 heteroatoms. The largest absolute Gasteiger partial charge is 0.498 e. The van der Waals surface area contributed by atoms with Crippen molar-refractivity contribution in [2.45, 2.75) is 65.7 Å². The quantitative estimate of drug-likeness (QED) is 0.155. The van der Waals surface area contributed by atoms with Crippen molar-refractivity contribution < 1.29 is 24.5 Å². The van der Waals surface area contributed by atoms with Crippen LogP contribution in [0.1, 0.15) is 77.0 Å². The third kappa shape index (κ3) is 7.40. The molecule has 11 aromatic rings. The van der Waals surface area contributed by atoms with Crippen molar-refractivity contribution >= 4 is 55.0 Å². The van der Waals surface area contributed by atoms with Crippen LogP contribution in [0.2, 0.25) is 0 Å². The summed E-state index contributed by atoms with van der Waals surface area (Å²) in [6, 6.07) is 54.6. The number of benzene rings is 6. The normalized spacial score (nSPS) is 11.8.